The highest BCUT2D eigenvalue weighted by Crippen LogP contribution is 2.48. The van der Waals surface area contributed by atoms with Gasteiger partial charge in [-0.25, -0.2) is 0 Å². The summed E-state index contributed by atoms with van der Waals surface area (Å²) < 4.78 is 5.04. The molecule has 2 nitrogen and oxygen atoms in total. The Balaban J connectivity index is 1.99. The van der Waals surface area contributed by atoms with Crippen LogP contribution in [-0.4, -0.2) is 12.6 Å². The van der Waals surface area contributed by atoms with E-state index >= 15 is 0 Å². The molecule has 0 aromatic heterocycles. The van der Waals surface area contributed by atoms with Gasteiger partial charge >= 0.3 is 5.97 Å². The van der Waals surface area contributed by atoms with E-state index in [9.17, 15) is 4.79 Å². The summed E-state index contributed by atoms with van der Waals surface area (Å²) in [7, 11) is 0. The third-order valence-electron chi connectivity index (χ3n) is 3.41. The van der Waals surface area contributed by atoms with Crippen LogP contribution in [0.1, 0.15) is 50.2 Å². The molecule has 1 aromatic carbocycles. The minimum absolute atomic E-state index is 0.0366. The minimum Gasteiger partial charge on any atom is -0.466 e. The smallest absolute Gasteiger partial charge is 0.309 e. The average Bonchev–Trinajstić information content (AvgIpc) is 3.09. The number of hydrogen-bond donors (Lipinski definition) is 0. The molecule has 1 saturated carbocycles. The third kappa shape index (κ3) is 2.68. The van der Waals surface area contributed by atoms with Crippen molar-refractivity contribution >= 4 is 5.97 Å². The summed E-state index contributed by atoms with van der Waals surface area (Å²) in [4.78, 5) is 11.5. The molecule has 1 fully saturated rings. The highest BCUT2D eigenvalue weighted by atomic mass is 16.5. The fraction of sp³-hybridized carbons (Fsp3) is 0.533. The molecule has 0 saturated heterocycles. The molecule has 2 unspecified atom stereocenters. The lowest BCUT2D eigenvalue weighted by atomic mass is 10.00. The summed E-state index contributed by atoms with van der Waals surface area (Å²) in [5.41, 5.74) is 2.62. The van der Waals surface area contributed by atoms with Crippen molar-refractivity contribution in [3.8, 4) is 0 Å². The number of carbonyl (C=O) groups excluding carboxylic acids is 1. The number of carbonyl (C=O) groups is 1. The maximum absolute atomic E-state index is 11.5. The molecule has 1 aliphatic rings. The molecule has 1 aliphatic carbocycles. The first-order chi connectivity index (χ1) is 8.13. The number of benzene rings is 1. The van der Waals surface area contributed by atoms with Gasteiger partial charge < -0.3 is 4.74 Å². The largest absolute Gasteiger partial charge is 0.466 e. The van der Waals surface area contributed by atoms with E-state index in [1.54, 1.807) is 0 Å². The monoisotopic (exact) mass is 232 g/mol. The second kappa shape index (κ2) is 4.91. The van der Waals surface area contributed by atoms with E-state index < -0.39 is 0 Å². The summed E-state index contributed by atoms with van der Waals surface area (Å²) in [6, 6.07) is 8.64. The molecule has 0 amide bonds. The third-order valence-corrected chi connectivity index (χ3v) is 3.41. The van der Waals surface area contributed by atoms with Crippen molar-refractivity contribution in [2.75, 3.05) is 6.61 Å². The molecule has 2 rings (SSSR count). The van der Waals surface area contributed by atoms with Crippen molar-refractivity contribution in [1.29, 1.82) is 0 Å². The SMILES string of the molecule is CCOC(=O)C1CC1c1ccc(C(C)C)cc1. The van der Waals surface area contributed by atoms with Gasteiger partial charge in [-0.1, -0.05) is 38.1 Å². The van der Waals surface area contributed by atoms with Gasteiger partial charge in [-0.2, -0.15) is 0 Å². The van der Waals surface area contributed by atoms with Crippen molar-refractivity contribution in [2.24, 2.45) is 5.92 Å². The normalized spacial score (nSPS) is 22.6. The van der Waals surface area contributed by atoms with Crippen molar-refractivity contribution < 1.29 is 9.53 Å². The first-order valence-corrected chi connectivity index (χ1v) is 6.40. The summed E-state index contributed by atoms with van der Waals surface area (Å²) in [5, 5.41) is 0. The molecule has 2 heteroatoms. The number of esters is 1. The Morgan fingerprint density at radius 2 is 2.00 bits per heavy atom. The molecule has 0 N–H and O–H groups in total. The number of ether oxygens (including phenoxy) is 1. The summed E-state index contributed by atoms with van der Waals surface area (Å²) in [6.07, 6.45) is 0.944. The van der Waals surface area contributed by atoms with Crippen molar-refractivity contribution in [2.45, 2.75) is 39.0 Å². The van der Waals surface area contributed by atoms with E-state index in [-0.39, 0.29) is 11.9 Å². The van der Waals surface area contributed by atoms with Crippen LogP contribution in [0.3, 0.4) is 0 Å². The van der Waals surface area contributed by atoms with Gasteiger partial charge in [0.05, 0.1) is 12.5 Å². The molecule has 92 valence electrons. The first-order valence-electron chi connectivity index (χ1n) is 6.40. The maximum atomic E-state index is 11.5. The van der Waals surface area contributed by atoms with Crippen LogP contribution in [0, 0.1) is 5.92 Å². The highest BCUT2D eigenvalue weighted by molar-refractivity contribution is 5.77. The lowest BCUT2D eigenvalue weighted by Gasteiger charge is -2.06. The van der Waals surface area contributed by atoms with E-state index in [2.05, 4.69) is 38.1 Å². The number of hydrogen-bond acceptors (Lipinski definition) is 2. The van der Waals surface area contributed by atoms with Crippen LogP contribution in [0.2, 0.25) is 0 Å². The fourth-order valence-electron chi connectivity index (χ4n) is 2.20. The van der Waals surface area contributed by atoms with Crippen LogP contribution >= 0.6 is 0 Å². The van der Waals surface area contributed by atoms with Crippen molar-refractivity contribution in [3.63, 3.8) is 0 Å². The zero-order valence-corrected chi connectivity index (χ0v) is 10.8. The lowest BCUT2D eigenvalue weighted by molar-refractivity contribution is -0.144. The summed E-state index contributed by atoms with van der Waals surface area (Å²) in [5.74, 6) is 1.00. The molecule has 0 heterocycles. The van der Waals surface area contributed by atoms with E-state index in [4.69, 9.17) is 4.74 Å². The van der Waals surface area contributed by atoms with Gasteiger partial charge in [-0.05, 0) is 36.3 Å². The van der Waals surface area contributed by atoms with Gasteiger partial charge in [0.25, 0.3) is 0 Å². The Morgan fingerprint density at radius 1 is 1.35 bits per heavy atom. The van der Waals surface area contributed by atoms with Gasteiger partial charge in [0, 0.05) is 0 Å². The van der Waals surface area contributed by atoms with Crippen LogP contribution < -0.4 is 0 Å². The number of rotatable bonds is 4. The van der Waals surface area contributed by atoms with Crippen LogP contribution in [0.5, 0.6) is 0 Å². The zero-order valence-electron chi connectivity index (χ0n) is 10.8. The van der Waals surface area contributed by atoms with Gasteiger partial charge in [0.1, 0.15) is 0 Å². The molecule has 1 aromatic rings. The van der Waals surface area contributed by atoms with E-state index in [1.165, 1.54) is 11.1 Å². The van der Waals surface area contributed by atoms with Crippen LogP contribution in [0.15, 0.2) is 24.3 Å². The molecule has 2 atom stereocenters. The van der Waals surface area contributed by atoms with Crippen LogP contribution in [0.25, 0.3) is 0 Å². The Kier molecular flexibility index (Phi) is 3.51. The zero-order chi connectivity index (χ0) is 12.4. The topological polar surface area (TPSA) is 26.3 Å². The Bertz CT molecular complexity index is 392. The maximum Gasteiger partial charge on any atom is 0.309 e. The minimum atomic E-state index is -0.0366. The van der Waals surface area contributed by atoms with Crippen LogP contribution in [-0.2, 0) is 9.53 Å². The summed E-state index contributed by atoms with van der Waals surface area (Å²) in [6.45, 7) is 6.71. The molecular weight excluding hydrogens is 212 g/mol. The van der Waals surface area contributed by atoms with Gasteiger partial charge in [-0.15, -0.1) is 0 Å². The fourth-order valence-corrected chi connectivity index (χ4v) is 2.20. The lowest BCUT2D eigenvalue weighted by Crippen LogP contribution is -2.07. The summed E-state index contributed by atoms with van der Waals surface area (Å²) >= 11 is 0. The molecule has 0 radical (unpaired) electrons. The highest BCUT2D eigenvalue weighted by Gasteiger charge is 2.44. The van der Waals surface area contributed by atoms with Crippen molar-refractivity contribution in [3.05, 3.63) is 35.4 Å². The van der Waals surface area contributed by atoms with E-state index in [0.717, 1.165) is 6.42 Å². The quantitative estimate of drug-likeness (QED) is 0.743. The predicted molar refractivity (Wildman–Crippen MR) is 68.0 cm³/mol. The van der Waals surface area contributed by atoms with Gasteiger partial charge in [-0.3, -0.25) is 4.79 Å². The van der Waals surface area contributed by atoms with Gasteiger partial charge in [0.2, 0.25) is 0 Å². The van der Waals surface area contributed by atoms with E-state index in [0.29, 0.717) is 18.4 Å². The van der Waals surface area contributed by atoms with Crippen molar-refractivity contribution in [1.82, 2.24) is 0 Å². The molecule has 0 spiro atoms. The second-order valence-electron chi connectivity index (χ2n) is 5.02. The van der Waals surface area contributed by atoms with Crippen LogP contribution in [0.4, 0.5) is 0 Å². The second-order valence-corrected chi connectivity index (χ2v) is 5.02. The Hall–Kier alpha value is -1.31. The molecule has 0 bridgehead atoms. The standard InChI is InChI=1S/C15H20O2/c1-4-17-15(16)14-9-13(14)12-7-5-11(6-8-12)10(2)3/h5-8,10,13-14H,4,9H2,1-3H3. The predicted octanol–water partition coefficient (Wildman–Crippen LogP) is 3.48. The average molecular weight is 232 g/mol. The first kappa shape index (κ1) is 12.2. The molecule has 17 heavy (non-hydrogen) atoms. The Labute approximate surface area is 103 Å². The Morgan fingerprint density at radius 3 is 2.53 bits per heavy atom. The molecular formula is C15H20O2. The van der Waals surface area contributed by atoms with Gasteiger partial charge in [0.15, 0.2) is 0 Å². The van der Waals surface area contributed by atoms with E-state index in [1.807, 2.05) is 6.92 Å². The molecule has 0 aliphatic heterocycles.